The number of thioether (sulfide) groups is 1. The average Bonchev–Trinajstić information content (AvgIpc) is 3.44. The Morgan fingerprint density at radius 3 is 2.34 bits per heavy atom. The van der Waals surface area contributed by atoms with Crippen LogP contribution in [0.15, 0.2) is 82.6 Å². The van der Waals surface area contributed by atoms with Crippen LogP contribution in [-0.4, -0.2) is 34.6 Å². The van der Waals surface area contributed by atoms with E-state index in [1.165, 1.54) is 42.0 Å². The molecule has 3 aromatic carbocycles. The van der Waals surface area contributed by atoms with Gasteiger partial charge < -0.3 is 10.1 Å². The van der Waals surface area contributed by atoms with Gasteiger partial charge in [0, 0.05) is 16.5 Å². The van der Waals surface area contributed by atoms with Gasteiger partial charge in [-0.25, -0.2) is 9.29 Å². The van der Waals surface area contributed by atoms with Crippen LogP contribution in [0.1, 0.15) is 21.9 Å². The Kier molecular flexibility index (Phi) is 7.58. The molecule has 0 aliphatic carbocycles. The van der Waals surface area contributed by atoms with Gasteiger partial charge in [0.2, 0.25) is 17.7 Å². The fourth-order valence-corrected chi connectivity index (χ4v) is 8.15. The van der Waals surface area contributed by atoms with E-state index in [0.717, 1.165) is 46.2 Å². The molecule has 1 aromatic heterocycles. The number of rotatable bonds is 6. The minimum Gasteiger partial charge on any atom is -0.497 e. The Balaban J connectivity index is 1.41. The van der Waals surface area contributed by atoms with Gasteiger partial charge >= 0.3 is 11.0 Å². The quantitative estimate of drug-likeness (QED) is 0.220. The number of halogens is 4. The van der Waals surface area contributed by atoms with E-state index in [4.69, 9.17) is 4.74 Å². The van der Waals surface area contributed by atoms with Crippen molar-refractivity contribution in [1.82, 2.24) is 4.57 Å². The molecule has 0 spiro atoms. The van der Waals surface area contributed by atoms with Gasteiger partial charge in [-0.05, 0) is 60.2 Å². The van der Waals surface area contributed by atoms with E-state index in [-0.39, 0.29) is 5.69 Å². The number of ether oxygens (including phenoxy) is 1. The van der Waals surface area contributed by atoms with Crippen molar-refractivity contribution < 1.29 is 36.7 Å². The zero-order valence-corrected chi connectivity index (χ0v) is 24.3. The zero-order chi connectivity index (χ0) is 31.3. The third-order valence-corrected chi connectivity index (χ3v) is 9.99. The number of methoxy groups -OCH3 is 1. The van der Waals surface area contributed by atoms with Gasteiger partial charge in [0.05, 0.1) is 29.3 Å². The number of amides is 3. The first-order valence-electron chi connectivity index (χ1n) is 13.1. The predicted molar refractivity (Wildman–Crippen MR) is 156 cm³/mol. The monoisotopic (exact) mass is 643 g/mol. The van der Waals surface area contributed by atoms with Crippen molar-refractivity contribution in [2.45, 2.75) is 28.9 Å². The van der Waals surface area contributed by atoms with E-state index in [1.54, 1.807) is 24.3 Å². The Bertz CT molecular complexity index is 1840. The van der Waals surface area contributed by atoms with Crippen LogP contribution in [0.25, 0.3) is 0 Å². The molecule has 2 aliphatic heterocycles. The average molecular weight is 644 g/mol. The van der Waals surface area contributed by atoms with Crippen LogP contribution in [0.3, 0.4) is 0 Å². The highest BCUT2D eigenvalue weighted by molar-refractivity contribution is 8.00. The fourth-order valence-electron chi connectivity index (χ4n) is 5.38. The number of aromatic nitrogens is 1. The van der Waals surface area contributed by atoms with E-state index in [0.29, 0.717) is 26.9 Å². The number of thiazole rings is 1. The molecule has 3 amide bonds. The standard InChI is InChI=1S/C30H21F4N3O5S2/c1-42-20-11-5-15(6-12-20)22-23-24(27(40)37(26(23)39)19-4-2-3-16(13-19)30(32,33)34)43-28-25(22)44-29(41)36(28)14-21(38)35-18-9-7-17(31)8-10-18/h2-13,22-24H,14H2,1H3,(H,35,38). The summed E-state index contributed by atoms with van der Waals surface area (Å²) in [5, 5.41) is 1.82. The van der Waals surface area contributed by atoms with Gasteiger partial charge in [0.25, 0.3) is 0 Å². The molecule has 1 N–H and O–H groups in total. The number of carbonyl (C=O) groups is 3. The molecule has 8 nitrogen and oxygen atoms in total. The van der Waals surface area contributed by atoms with Gasteiger partial charge in [0.15, 0.2) is 0 Å². The lowest BCUT2D eigenvalue weighted by Crippen LogP contribution is -2.33. The normalized spacial score (nSPS) is 19.5. The predicted octanol–water partition coefficient (Wildman–Crippen LogP) is 5.51. The summed E-state index contributed by atoms with van der Waals surface area (Å²) in [4.78, 5) is 54.6. The van der Waals surface area contributed by atoms with Crippen LogP contribution in [-0.2, 0) is 27.1 Å². The minimum atomic E-state index is -4.69. The largest absolute Gasteiger partial charge is 0.497 e. The summed E-state index contributed by atoms with van der Waals surface area (Å²) in [6, 6.07) is 15.8. The number of carbonyl (C=O) groups excluding carboxylic acids is 3. The number of imide groups is 1. The molecular weight excluding hydrogens is 622 g/mol. The van der Waals surface area contributed by atoms with E-state index in [1.807, 2.05) is 0 Å². The first-order valence-corrected chi connectivity index (χ1v) is 14.8. The summed E-state index contributed by atoms with van der Waals surface area (Å²) in [6.07, 6.45) is -4.69. The van der Waals surface area contributed by atoms with Gasteiger partial charge in [-0.2, -0.15) is 13.2 Å². The fraction of sp³-hybridized carbons (Fsp3) is 0.200. The summed E-state index contributed by atoms with van der Waals surface area (Å²) >= 11 is 1.77. The number of alkyl halides is 3. The van der Waals surface area contributed by atoms with Gasteiger partial charge in [-0.1, -0.05) is 41.3 Å². The van der Waals surface area contributed by atoms with Crippen molar-refractivity contribution in [3.63, 3.8) is 0 Å². The zero-order valence-electron chi connectivity index (χ0n) is 22.6. The lowest BCUT2D eigenvalue weighted by atomic mass is 9.83. The lowest BCUT2D eigenvalue weighted by Gasteiger charge is -2.30. The first kappa shape index (κ1) is 29.6. The Morgan fingerprint density at radius 2 is 1.68 bits per heavy atom. The summed E-state index contributed by atoms with van der Waals surface area (Å²) in [5.41, 5.74) is -0.327. The number of nitrogens with zero attached hydrogens (tertiary/aromatic N) is 2. The van der Waals surface area contributed by atoms with Crippen LogP contribution in [0.2, 0.25) is 0 Å². The highest BCUT2D eigenvalue weighted by Crippen LogP contribution is 2.54. The maximum absolute atomic E-state index is 13.9. The maximum atomic E-state index is 13.9. The van der Waals surface area contributed by atoms with Crippen molar-refractivity contribution in [2.24, 2.45) is 5.92 Å². The van der Waals surface area contributed by atoms with Gasteiger partial charge in [-0.15, -0.1) is 0 Å². The molecule has 3 unspecified atom stereocenters. The number of fused-ring (bicyclic) bond motifs is 2. The van der Waals surface area contributed by atoms with E-state index in [9.17, 15) is 36.7 Å². The second kappa shape index (κ2) is 11.2. The van der Waals surface area contributed by atoms with Crippen LogP contribution >= 0.6 is 23.1 Å². The Hall–Kier alpha value is -4.43. The molecule has 6 rings (SSSR count). The van der Waals surface area contributed by atoms with E-state index in [2.05, 4.69) is 5.32 Å². The van der Waals surface area contributed by atoms with Crippen LogP contribution < -0.4 is 19.8 Å². The van der Waals surface area contributed by atoms with Crippen LogP contribution in [0, 0.1) is 11.7 Å². The van der Waals surface area contributed by atoms with Crippen molar-refractivity contribution in [2.75, 3.05) is 17.3 Å². The lowest BCUT2D eigenvalue weighted by molar-refractivity contribution is -0.137. The highest BCUT2D eigenvalue weighted by atomic mass is 32.2. The number of hydrogen-bond donors (Lipinski definition) is 1. The Morgan fingerprint density at radius 1 is 0.977 bits per heavy atom. The SMILES string of the molecule is COc1ccc(C2c3sc(=O)n(CC(=O)Nc4ccc(F)cc4)c3SC3C(=O)N(c4cccc(C(F)(F)F)c4)C(=O)C32)cc1. The molecule has 0 bridgehead atoms. The molecule has 3 atom stereocenters. The minimum absolute atomic E-state index is 0.210. The highest BCUT2D eigenvalue weighted by Gasteiger charge is 2.57. The third kappa shape index (κ3) is 5.28. The summed E-state index contributed by atoms with van der Waals surface area (Å²) in [5.74, 6) is -3.82. The number of nitrogens with one attached hydrogen (secondary N) is 1. The number of hydrogen-bond acceptors (Lipinski definition) is 7. The molecule has 0 radical (unpaired) electrons. The van der Waals surface area contributed by atoms with Crippen molar-refractivity contribution in [3.8, 4) is 5.75 Å². The molecule has 226 valence electrons. The molecule has 44 heavy (non-hydrogen) atoms. The molecule has 1 saturated heterocycles. The summed E-state index contributed by atoms with van der Waals surface area (Å²) < 4.78 is 60.2. The molecule has 1 fully saturated rings. The second-order valence-electron chi connectivity index (χ2n) is 10.1. The molecule has 14 heteroatoms. The number of benzene rings is 3. The molecular formula is C30H21F4N3O5S2. The summed E-state index contributed by atoms with van der Waals surface area (Å²) in [7, 11) is 1.48. The van der Waals surface area contributed by atoms with Crippen molar-refractivity contribution in [3.05, 3.63) is 104 Å². The van der Waals surface area contributed by atoms with Crippen molar-refractivity contribution >= 4 is 52.2 Å². The van der Waals surface area contributed by atoms with Crippen LogP contribution in [0.4, 0.5) is 28.9 Å². The molecule has 0 saturated carbocycles. The molecule has 2 aliphatic rings. The van der Waals surface area contributed by atoms with E-state index < -0.39 is 63.8 Å². The van der Waals surface area contributed by atoms with Crippen molar-refractivity contribution in [1.29, 1.82) is 0 Å². The Labute approximate surface area is 255 Å². The number of anilines is 2. The maximum Gasteiger partial charge on any atom is 0.416 e. The topological polar surface area (TPSA) is 97.7 Å². The van der Waals surface area contributed by atoms with Gasteiger partial charge in [0.1, 0.15) is 23.4 Å². The third-order valence-electron chi connectivity index (χ3n) is 7.39. The van der Waals surface area contributed by atoms with E-state index >= 15 is 0 Å². The molecule has 3 heterocycles. The van der Waals surface area contributed by atoms with Crippen LogP contribution in [0.5, 0.6) is 5.75 Å². The smallest absolute Gasteiger partial charge is 0.416 e. The molecule has 4 aromatic rings. The first-order chi connectivity index (χ1) is 21.0. The summed E-state index contributed by atoms with van der Waals surface area (Å²) in [6.45, 7) is -0.429. The van der Waals surface area contributed by atoms with Gasteiger partial charge in [-0.3, -0.25) is 23.7 Å². The second-order valence-corrected chi connectivity index (χ2v) is 12.2.